The van der Waals surface area contributed by atoms with Gasteiger partial charge in [0, 0.05) is 31.2 Å². The summed E-state index contributed by atoms with van der Waals surface area (Å²) in [6.45, 7) is 8.00. The minimum Gasteiger partial charge on any atom is -0.302 e. The molecule has 1 unspecified atom stereocenters. The van der Waals surface area contributed by atoms with E-state index in [4.69, 9.17) is 0 Å². The number of hydrogen-bond donors (Lipinski definition) is 0. The van der Waals surface area contributed by atoms with Crippen LogP contribution in [0.2, 0.25) is 0 Å². The van der Waals surface area contributed by atoms with Crippen molar-refractivity contribution in [2.24, 2.45) is 11.3 Å². The Labute approximate surface area is 110 Å². The van der Waals surface area contributed by atoms with Gasteiger partial charge in [-0.25, -0.2) is 0 Å². The molecule has 2 rings (SSSR count). The Morgan fingerprint density at radius 1 is 1.35 bits per heavy atom. The second-order valence-electron chi connectivity index (χ2n) is 6.30. The lowest BCUT2D eigenvalue weighted by Gasteiger charge is -2.36. The molecule has 0 radical (unpaired) electrons. The third kappa shape index (κ3) is 3.99. The summed E-state index contributed by atoms with van der Waals surface area (Å²) in [7, 11) is 0. The van der Waals surface area contributed by atoms with Gasteiger partial charge in [0.05, 0.1) is 0 Å². The van der Waals surface area contributed by atoms with Crippen LogP contribution in [0.25, 0.3) is 0 Å². The van der Waals surface area contributed by atoms with E-state index in [0.29, 0.717) is 17.1 Å². The predicted octanol–water partition coefficient (Wildman–Crippen LogP) is 2.82. The molecule has 3 heteroatoms. The van der Waals surface area contributed by atoms with E-state index in [1.807, 2.05) is 0 Å². The smallest absolute Gasteiger partial charge is 0.137 e. The van der Waals surface area contributed by atoms with Crippen molar-refractivity contribution in [3.63, 3.8) is 0 Å². The number of rotatable bonds is 2. The summed E-state index contributed by atoms with van der Waals surface area (Å²) in [5, 5.41) is 0. The molecule has 0 spiro atoms. The lowest BCUT2D eigenvalue weighted by Crippen LogP contribution is -2.39. The van der Waals surface area contributed by atoms with Gasteiger partial charge < -0.3 is 4.90 Å². The molecule has 0 N–H and O–H groups in total. The average Bonchev–Trinajstić information content (AvgIpc) is 2.52. The Morgan fingerprint density at radius 3 is 3.00 bits per heavy atom. The molecule has 1 aliphatic heterocycles. The largest absolute Gasteiger partial charge is 0.302 e. The average molecular weight is 255 g/mol. The van der Waals surface area contributed by atoms with Crippen molar-refractivity contribution in [1.82, 2.24) is 4.90 Å². The molecule has 0 aromatic carbocycles. The van der Waals surface area contributed by atoms with Crippen molar-refractivity contribution >= 4 is 17.5 Å². The van der Waals surface area contributed by atoms with E-state index in [9.17, 15) is 4.79 Å². The molecule has 0 bridgehead atoms. The topological polar surface area (TPSA) is 20.3 Å². The molecule has 1 atom stereocenters. The highest BCUT2D eigenvalue weighted by Crippen LogP contribution is 2.37. The molecule has 1 heterocycles. The monoisotopic (exact) mass is 255 g/mol. The van der Waals surface area contributed by atoms with E-state index in [0.717, 1.165) is 25.8 Å². The van der Waals surface area contributed by atoms with E-state index < -0.39 is 0 Å². The zero-order valence-corrected chi connectivity index (χ0v) is 12.0. The summed E-state index contributed by atoms with van der Waals surface area (Å²) >= 11 is 2.06. The lowest BCUT2D eigenvalue weighted by molar-refractivity contribution is -0.127. The van der Waals surface area contributed by atoms with Gasteiger partial charge in [-0.05, 0) is 37.0 Å². The van der Waals surface area contributed by atoms with Crippen LogP contribution in [0.1, 0.15) is 39.5 Å². The molecule has 0 aromatic heterocycles. The maximum absolute atomic E-state index is 12.0. The number of carbonyl (C=O) groups is 1. The Hall–Kier alpha value is -0.0200. The van der Waals surface area contributed by atoms with Crippen molar-refractivity contribution in [3.8, 4) is 0 Å². The molecule has 1 saturated carbocycles. The third-order valence-electron chi connectivity index (χ3n) is 4.10. The van der Waals surface area contributed by atoms with Gasteiger partial charge in [0.1, 0.15) is 5.78 Å². The van der Waals surface area contributed by atoms with Gasteiger partial charge in [0.2, 0.25) is 0 Å². The van der Waals surface area contributed by atoms with Gasteiger partial charge in [-0.3, -0.25) is 4.79 Å². The van der Waals surface area contributed by atoms with E-state index in [1.54, 1.807) is 0 Å². The zero-order chi connectivity index (χ0) is 12.3. The normalized spacial score (nSPS) is 31.2. The SMILES string of the molecule is CC1(C)CCC(=O)C(CN2CCCSCC2)C1. The van der Waals surface area contributed by atoms with Crippen molar-refractivity contribution in [2.75, 3.05) is 31.1 Å². The molecule has 2 aliphatic rings. The summed E-state index contributed by atoms with van der Waals surface area (Å²) < 4.78 is 0. The van der Waals surface area contributed by atoms with Gasteiger partial charge in [0.25, 0.3) is 0 Å². The number of Topliss-reactive ketones (excluding diaryl/α,β-unsaturated/α-hetero) is 1. The number of thioether (sulfide) groups is 1. The lowest BCUT2D eigenvalue weighted by atomic mass is 9.71. The second kappa shape index (κ2) is 5.75. The molecule has 0 aromatic rings. The molecule has 2 fully saturated rings. The van der Waals surface area contributed by atoms with Crippen LogP contribution in [0.5, 0.6) is 0 Å². The summed E-state index contributed by atoms with van der Waals surface area (Å²) in [5.74, 6) is 3.35. The van der Waals surface area contributed by atoms with Crippen LogP contribution < -0.4 is 0 Å². The molecular weight excluding hydrogens is 230 g/mol. The zero-order valence-electron chi connectivity index (χ0n) is 11.2. The van der Waals surface area contributed by atoms with E-state index in [1.165, 1.54) is 31.0 Å². The number of carbonyl (C=O) groups excluding carboxylic acids is 1. The second-order valence-corrected chi connectivity index (χ2v) is 7.52. The van der Waals surface area contributed by atoms with Gasteiger partial charge in [-0.1, -0.05) is 13.8 Å². The summed E-state index contributed by atoms with van der Waals surface area (Å²) in [4.78, 5) is 14.5. The fourth-order valence-corrected chi connectivity index (χ4v) is 3.93. The fourth-order valence-electron chi connectivity index (χ4n) is 3.01. The highest BCUT2D eigenvalue weighted by Gasteiger charge is 2.34. The highest BCUT2D eigenvalue weighted by atomic mass is 32.2. The van der Waals surface area contributed by atoms with Crippen LogP contribution >= 0.6 is 11.8 Å². The summed E-state index contributed by atoms with van der Waals surface area (Å²) in [6, 6.07) is 0. The first kappa shape index (κ1) is 13.4. The minimum atomic E-state index is 0.307. The fraction of sp³-hybridized carbons (Fsp3) is 0.929. The Morgan fingerprint density at radius 2 is 2.18 bits per heavy atom. The summed E-state index contributed by atoms with van der Waals surface area (Å²) in [6.07, 6.45) is 4.27. The van der Waals surface area contributed by atoms with Crippen LogP contribution in [0.15, 0.2) is 0 Å². The van der Waals surface area contributed by atoms with Crippen molar-refractivity contribution in [3.05, 3.63) is 0 Å². The van der Waals surface area contributed by atoms with E-state index >= 15 is 0 Å². The molecule has 98 valence electrons. The van der Waals surface area contributed by atoms with Gasteiger partial charge in [-0.15, -0.1) is 0 Å². The van der Waals surface area contributed by atoms with Crippen LogP contribution in [0.4, 0.5) is 0 Å². The van der Waals surface area contributed by atoms with Crippen molar-refractivity contribution in [1.29, 1.82) is 0 Å². The standard InChI is InChI=1S/C14H25NOS/c1-14(2)5-4-13(16)12(10-14)11-15-6-3-8-17-9-7-15/h12H,3-11H2,1-2H3. The Bertz CT molecular complexity index is 269. The van der Waals surface area contributed by atoms with Crippen LogP contribution in [0, 0.1) is 11.3 Å². The van der Waals surface area contributed by atoms with Crippen LogP contribution in [-0.4, -0.2) is 41.8 Å². The predicted molar refractivity (Wildman–Crippen MR) is 74.5 cm³/mol. The first-order chi connectivity index (χ1) is 8.07. The highest BCUT2D eigenvalue weighted by molar-refractivity contribution is 7.99. The molecular formula is C14H25NOS. The van der Waals surface area contributed by atoms with E-state index in [2.05, 4.69) is 30.5 Å². The van der Waals surface area contributed by atoms with Crippen LogP contribution in [-0.2, 0) is 4.79 Å². The van der Waals surface area contributed by atoms with Crippen LogP contribution in [0.3, 0.4) is 0 Å². The molecule has 1 aliphatic carbocycles. The quantitative estimate of drug-likeness (QED) is 0.757. The number of nitrogens with zero attached hydrogens (tertiary/aromatic N) is 1. The minimum absolute atomic E-state index is 0.307. The maximum Gasteiger partial charge on any atom is 0.137 e. The third-order valence-corrected chi connectivity index (χ3v) is 5.14. The number of hydrogen-bond acceptors (Lipinski definition) is 3. The summed E-state index contributed by atoms with van der Waals surface area (Å²) in [5.41, 5.74) is 0.374. The van der Waals surface area contributed by atoms with Gasteiger partial charge >= 0.3 is 0 Å². The molecule has 0 amide bonds. The Balaban J connectivity index is 1.89. The van der Waals surface area contributed by atoms with E-state index in [-0.39, 0.29) is 0 Å². The molecule has 1 saturated heterocycles. The maximum atomic E-state index is 12.0. The number of ketones is 1. The van der Waals surface area contributed by atoms with Crippen molar-refractivity contribution in [2.45, 2.75) is 39.5 Å². The molecule has 2 nitrogen and oxygen atoms in total. The Kier molecular flexibility index (Phi) is 4.53. The molecule has 17 heavy (non-hydrogen) atoms. The van der Waals surface area contributed by atoms with Crippen molar-refractivity contribution < 1.29 is 4.79 Å². The first-order valence-electron chi connectivity index (χ1n) is 6.90. The first-order valence-corrected chi connectivity index (χ1v) is 8.05. The van der Waals surface area contributed by atoms with Gasteiger partial charge in [0.15, 0.2) is 0 Å². The van der Waals surface area contributed by atoms with Gasteiger partial charge in [-0.2, -0.15) is 11.8 Å².